The Balaban J connectivity index is 1.68. The molecule has 3 aromatic rings. The molecule has 0 saturated heterocycles. The smallest absolute Gasteiger partial charge is 0.326 e. The van der Waals surface area contributed by atoms with Gasteiger partial charge in [-0.25, -0.2) is 4.79 Å². The minimum atomic E-state index is -1.28. The predicted molar refractivity (Wildman–Crippen MR) is 149 cm³/mol. The number of nitrogens with one attached hydrogen (secondary N) is 2. The van der Waals surface area contributed by atoms with Crippen molar-refractivity contribution in [1.82, 2.24) is 5.32 Å². The van der Waals surface area contributed by atoms with E-state index in [4.69, 9.17) is 56.9 Å². The fourth-order valence-corrected chi connectivity index (χ4v) is 4.63. The molecule has 38 heavy (non-hydrogen) atoms. The maximum atomic E-state index is 12.9. The van der Waals surface area contributed by atoms with Gasteiger partial charge in [-0.3, -0.25) is 9.59 Å². The molecular weight excluding hydrogens is 576 g/mol. The number of halogens is 4. The number of aliphatic carboxylic acids is 1. The van der Waals surface area contributed by atoms with Crippen molar-refractivity contribution in [2.75, 3.05) is 18.5 Å². The Bertz CT molecular complexity index is 1290. The summed E-state index contributed by atoms with van der Waals surface area (Å²) < 4.78 is 5.50. The van der Waals surface area contributed by atoms with Crippen LogP contribution in [0.1, 0.15) is 32.7 Å². The standard InChI is InChI=1S/C26H23Cl4N3O5/c27-17-3-1-4-18(28)22(17)24(34)32-15-7-5-14(6-8-15)11-21(26(36)37)33-25(35)23-19(29)12-16(13-20(23)30)38-10-2-9-31/h1,3-8,12-13,21H,2,9-11,31H2,(H,32,34)(H,33,35)(H,36,37). The molecule has 3 rings (SSSR count). The van der Waals surface area contributed by atoms with Gasteiger partial charge < -0.3 is 26.2 Å². The molecule has 2 amide bonds. The molecule has 1 unspecified atom stereocenters. The summed E-state index contributed by atoms with van der Waals surface area (Å²) in [7, 11) is 0. The maximum absolute atomic E-state index is 12.9. The Hall–Kier alpha value is -3.01. The fraction of sp³-hybridized carbons (Fsp3) is 0.192. The van der Waals surface area contributed by atoms with E-state index in [1.807, 2.05) is 0 Å². The minimum absolute atomic E-state index is 0.0144. The molecule has 0 aliphatic rings. The molecule has 0 aromatic heterocycles. The average Bonchev–Trinajstić information content (AvgIpc) is 2.84. The second-order valence-corrected chi connectivity index (χ2v) is 9.70. The van der Waals surface area contributed by atoms with E-state index < -0.39 is 23.8 Å². The number of benzene rings is 3. The molecule has 0 bridgehead atoms. The van der Waals surface area contributed by atoms with Gasteiger partial charge in [-0.05, 0) is 54.9 Å². The van der Waals surface area contributed by atoms with Crippen molar-refractivity contribution in [3.05, 3.63) is 91.4 Å². The summed E-state index contributed by atoms with van der Waals surface area (Å²) in [6.07, 6.45) is 0.585. The second-order valence-electron chi connectivity index (χ2n) is 8.07. The van der Waals surface area contributed by atoms with Gasteiger partial charge in [0.2, 0.25) is 0 Å². The van der Waals surface area contributed by atoms with Crippen LogP contribution in [0.25, 0.3) is 0 Å². The predicted octanol–water partition coefficient (Wildman–Crippen LogP) is 5.71. The van der Waals surface area contributed by atoms with Crippen LogP contribution in [0.15, 0.2) is 54.6 Å². The Morgan fingerprint density at radius 2 is 1.45 bits per heavy atom. The first-order valence-corrected chi connectivity index (χ1v) is 12.8. The molecule has 3 aromatic carbocycles. The first-order chi connectivity index (χ1) is 18.1. The van der Waals surface area contributed by atoms with Gasteiger partial charge in [0.1, 0.15) is 11.8 Å². The van der Waals surface area contributed by atoms with Crippen LogP contribution >= 0.6 is 46.4 Å². The Kier molecular flexibility index (Phi) is 10.6. The van der Waals surface area contributed by atoms with Crippen molar-refractivity contribution in [2.45, 2.75) is 18.9 Å². The van der Waals surface area contributed by atoms with Crippen LogP contribution in [0.4, 0.5) is 5.69 Å². The van der Waals surface area contributed by atoms with E-state index in [1.54, 1.807) is 42.5 Å². The zero-order valence-corrected chi connectivity index (χ0v) is 22.8. The Labute approximate surface area is 239 Å². The number of nitrogens with two attached hydrogens (primary N) is 1. The number of hydrogen-bond donors (Lipinski definition) is 4. The number of carbonyl (C=O) groups is 3. The van der Waals surface area contributed by atoms with Crippen molar-refractivity contribution in [3.63, 3.8) is 0 Å². The quantitative estimate of drug-likeness (QED) is 0.209. The van der Waals surface area contributed by atoms with Crippen molar-refractivity contribution in [2.24, 2.45) is 5.73 Å². The van der Waals surface area contributed by atoms with E-state index in [1.165, 1.54) is 12.1 Å². The first-order valence-electron chi connectivity index (χ1n) is 11.3. The first kappa shape index (κ1) is 29.5. The number of anilines is 1. The topological polar surface area (TPSA) is 131 Å². The second kappa shape index (κ2) is 13.7. The maximum Gasteiger partial charge on any atom is 0.326 e. The van der Waals surface area contributed by atoms with E-state index in [9.17, 15) is 19.5 Å². The monoisotopic (exact) mass is 597 g/mol. The lowest BCUT2D eigenvalue weighted by Gasteiger charge is -2.17. The van der Waals surface area contributed by atoms with Crippen LogP contribution < -0.4 is 21.1 Å². The van der Waals surface area contributed by atoms with E-state index in [0.717, 1.165) is 0 Å². The summed E-state index contributed by atoms with van der Waals surface area (Å²) >= 11 is 24.6. The van der Waals surface area contributed by atoms with E-state index in [0.29, 0.717) is 36.6 Å². The summed E-state index contributed by atoms with van der Waals surface area (Å²) in [5.41, 5.74) is 6.55. The summed E-state index contributed by atoms with van der Waals surface area (Å²) in [6, 6.07) is 12.7. The van der Waals surface area contributed by atoms with Crippen LogP contribution in [0, 0.1) is 0 Å². The van der Waals surface area contributed by atoms with Gasteiger partial charge >= 0.3 is 5.97 Å². The van der Waals surface area contributed by atoms with Gasteiger partial charge in [-0.2, -0.15) is 0 Å². The molecule has 0 radical (unpaired) electrons. The van der Waals surface area contributed by atoms with Crippen LogP contribution in [0.2, 0.25) is 20.1 Å². The van der Waals surface area contributed by atoms with Crippen LogP contribution in [-0.4, -0.2) is 42.1 Å². The third-order valence-corrected chi connectivity index (χ3v) is 6.53. The van der Waals surface area contributed by atoms with Gasteiger partial charge in [0, 0.05) is 12.1 Å². The van der Waals surface area contributed by atoms with E-state index in [-0.39, 0.29) is 37.6 Å². The van der Waals surface area contributed by atoms with Crippen molar-refractivity contribution in [3.8, 4) is 5.75 Å². The van der Waals surface area contributed by atoms with E-state index >= 15 is 0 Å². The SMILES string of the molecule is NCCCOc1cc(Cl)c(C(=O)NC(Cc2ccc(NC(=O)c3c(Cl)cccc3Cl)cc2)C(=O)O)c(Cl)c1. The van der Waals surface area contributed by atoms with Gasteiger partial charge in [-0.15, -0.1) is 0 Å². The van der Waals surface area contributed by atoms with Gasteiger partial charge in [0.05, 0.1) is 37.8 Å². The molecule has 1 atom stereocenters. The van der Waals surface area contributed by atoms with Crippen LogP contribution in [-0.2, 0) is 11.2 Å². The van der Waals surface area contributed by atoms with Crippen LogP contribution in [0.3, 0.4) is 0 Å². The Morgan fingerprint density at radius 3 is 2.00 bits per heavy atom. The highest BCUT2D eigenvalue weighted by atomic mass is 35.5. The average molecular weight is 599 g/mol. The van der Waals surface area contributed by atoms with Crippen molar-refractivity contribution in [1.29, 1.82) is 0 Å². The van der Waals surface area contributed by atoms with Gasteiger partial charge in [0.25, 0.3) is 11.8 Å². The van der Waals surface area contributed by atoms with E-state index in [2.05, 4.69) is 10.6 Å². The molecule has 0 aliphatic heterocycles. The number of carboxylic acid groups (broad SMARTS) is 1. The number of ether oxygens (including phenoxy) is 1. The highest BCUT2D eigenvalue weighted by Gasteiger charge is 2.25. The third kappa shape index (κ3) is 7.75. The highest BCUT2D eigenvalue weighted by Crippen LogP contribution is 2.31. The largest absolute Gasteiger partial charge is 0.493 e. The molecule has 5 N–H and O–H groups in total. The molecule has 200 valence electrons. The van der Waals surface area contributed by atoms with Gasteiger partial charge in [0.15, 0.2) is 0 Å². The summed E-state index contributed by atoms with van der Waals surface area (Å²) in [6.45, 7) is 0.805. The molecule has 0 aliphatic carbocycles. The summed E-state index contributed by atoms with van der Waals surface area (Å²) in [5.74, 6) is -2.13. The number of amides is 2. The zero-order valence-electron chi connectivity index (χ0n) is 19.8. The minimum Gasteiger partial charge on any atom is -0.493 e. The molecule has 8 nitrogen and oxygen atoms in total. The molecule has 0 heterocycles. The molecular formula is C26H23Cl4N3O5. The molecule has 0 fully saturated rings. The lowest BCUT2D eigenvalue weighted by atomic mass is 10.0. The summed E-state index contributed by atoms with van der Waals surface area (Å²) in [4.78, 5) is 37.3. The zero-order chi connectivity index (χ0) is 27.8. The third-order valence-electron chi connectivity index (χ3n) is 5.30. The molecule has 0 saturated carbocycles. The number of hydrogen-bond acceptors (Lipinski definition) is 5. The number of rotatable bonds is 11. The molecule has 0 spiro atoms. The number of carboxylic acids is 1. The Morgan fingerprint density at radius 1 is 0.868 bits per heavy atom. The van der Waals surface area contributed by atoms with Gasteiger partial charge in [-0.1, -0.05) is 64.6 Å². The normalized spacial score (nSPS) is 11.5. The lowest BCUT2D eigenvalue weighted by Crippen LogP contribution is -2.42. The summed E-state index contributed by atoms with van der Waals surface area (Å²) in [5, 5.41) is 15.3. The lowest BCUT2D eigenvalue weighted by molar-refractivity contribution is -0.139. The fourth-order valence-electron chi connectivity index (χ4n) is 3.42. The van der Waals surface area contributed by atoms with Crippen molar-refractivity contribution < 1.29 is 24.2 Å². The molecule has 12 heteroatoms. The van der Waals surface area contributed by atoms with Crippen molar-refractivity contribution >= 4 is 69.9 Å². The van der Waals surface area contributed by atoms with Crippen LogP contribution in [0.5, 0.6) is 5.75 Å². The highest BCUT2D eigenvalue weighted by molar-refractivity contribution is 6.41. The number of carbonyl (C=O) groups excluding carboxylic acids is 2.